The van der Waals surface area contributed by atoms with Gasteiger partial charge in [0, 0.05) is 33.0 Å². The van der Waals surface area contributed by atoms with Gasteiger partial charge in [0.25, 0.3) is 0 Å². The van der Waals surface area contributed by atoms with E-state index >= 15 is 0 Å². The molecule has 0 aliphatic rings. The molecule has 6 heteroatoms. The van der Waals surface area contributed by atoms with Crippen molar-refractivity contribution in [3.8, 4) is 0 Å². The smallest absolute Gasteiger partial charge is 0.249 e. The molecule has 0 bridgehead atoms. The Bertz CT molecular complexity index is 1180. The summed E-state index contributed by atoms with van der Waals surface area (Å²) in [4.78, 5) is 11.9. The average molecular weight is 370 g/mol. The molecular weight excluding hydrogens is 358 g/mol. The van der Waals surface area contributed by atoms with E-state index in [9.17, 15) is 13.6 Å². The van der Waals surface area contributed by atoms with Gasteiger partial charge < -0.3 is 10.3 Å². The quantitative estimate of drug-likeness (QED) is 0.560. The largest absolute Gasteiger partial charge is 0.366 e. The molecule has 0 saturated carbocycles. The first-order chi connectivity index (χ1) is 12.5. The normalized spacial score (nSPS) is 11.3. The summed E-state index contributed by atoms with van der Waals surface area (Å²) in [5, 5.41) is 1.76. The first-order valence-corrected chi connectivity index (χ1v) is 8.19. The third kappa shape index (κ3) is 2.61. The highest BCUT2D eigenvalue weighted by molar-refractivity contribution is 6.31. The van der Waals surface area contributed by atoms with E-state index in [1.54, 1.807) is 24.3 Å². The molecule has 1 amide bonds. The van der Waals surface area contributed by atoms with Gasteiger partial charge >= 0.3 is 0 Å². The highest BCUT2D eigenvalue weighted by Gasteiger charge is 2.18. The number of nitrogens with two attached hydrogens (primary N) is 1. The second-order valence-corrected chi connectivity index (χ2v) is 6.40. The highest BCUT2D eigenvalue weighted by Crippen LogP contribution is 2.33. The van der Waals surface area contributed by atoms with Crippen molar-refractivity contribution in [2.45, 2.75) is 6.54 Å². The predicted molar refractivity (Wildman–Crippen MR) is 97.3 cm³/mol. The summed E-state index contributed by atoms with van der Waals surface area (Å²) in [7, 11) is 0. The monoisotopic (exact) mass is 369 g/mol. The molecule has 0 aliphatic heterocycles. The molecule has 0 aliphatic carbocycles. The number of amides is 1. The molecule has 0 unspecified atom stereocenters. The average Bonchev–Trinajstić information content (AvgIpc) is 2.90. The molecule has 1 aromatic heterocycles. The number of aromatic nitrogens is 1. The van der Waals surface area contributed by atoms with Crippen LogP contribution in [0.15, 0.2) is 48.5 Å². The van der Waals surface area contributed by atoms with Gasteiger partial charge in [-0.1, -0.05) is 23.7 Å². The molecule has 0 fully saturated rings. The Morgan fingerprint density at radius 1 is 1.15 bits per heavy atom. The summed E-state index contributed by atoms with van der Waals surface area (Å²) in [6, 6.07) is 15.0. The van der Waals surface area contributed by atoms with E-state index in [0.717, 1.165) is 6.07 Å². The molecule has 1 radical (unpaired) electrons. The van der Waals surface area contributed by atoms with E-state index in [1.807, 2.05) is 10.6 Å². The van der Waals surface area contributed by atoms with Crippen LogP contribution in [0.2, 0.25) is 5.02 Å². The highest BCUT2D eigenvalue weighted by atomic mass is 35.5. The van der Waals surface area contributed by atoms with Gasteiger partial charge in [0.1, 0.15) is 11.6 Å². The fraction of sp³-hybridized carbons (Fsp3) is 0.0500. The van der Waals surface area contributed by atoms with E-state index in [1.165, 1.54) is 12.1 Å². The molecule has 129 valence electrons. The number of primary amides is 1. The zero-order chi connectivity index (χ0) is 18.4. The van der Waals surface area contributed by atoms with Gasteiger partial charge in [-0.25, -0.2) is 8.78 Å². The first-order valence-electron chi connectivity index (χ1n) is 7.81. The Labute approximate surface area is 152 Å². The van der Waals surface area contributed by atoms with Crippen molar-refractivity contribution in [3.63, 3.8) is 0 Å². The second kappa shape index (κ2) is 6.11. The second-order valence-electron chi connectivity index (χ2n) is 5.96. The zero-order valence-corrected chi connectivity index (χ0v) is 14.1. The number of halogens is 3. The van der Waals surface area contributed by atoms with E-state index in [0.29, 0.717) is 38.0 Å². The zero-order valence-electron chi connectivity index (χ0n) is 13.4. The van der Waals surface area contributed by atoms with Crippen molar-refractivity contribution < 1.29 is 13.6 Å². The van der Waals surface area contributed by atoms with Crippen LogP contribution in [0.25, 0.3) is 21.8 Å². The number of fused-ring (bicyclic) bond motifs is 3. The maximum absolute atomic E-state index is 14.2. The van der Waals surface area contributed by atoms with Crippen molar-refractivity contribution in [2.24, 2.45) is 5.73 Å². The standard InChI is InChI=1S/C20H12ClF2N2O/c21-12-5-7-14-18(8-12)25(10-11-4-6-13(22)9-16(11)23)17-3-1-2-15(19(14)17)20(24)26/h1-6,8-9H,10H2,(H2,24,26). The Hall–Kier alpha value is -2.92. The predicted octanol–water partition coefficient (Wildman–Crippen LogP) is 4.67. The number of benzene rings is 3. The fourth-order valence-corrected chi connectivity index (χ4v) is 3.38. The summed E-state index contributed by atoms with van der Waals surface area (Å²) in [6.07, 6.45) is 0. The van der Waals surface area contributed by atoms with Crippen LogP contribution in [0.1, 0.15) is 15.9 Å². The van der Waals surface area contributed by atoms with Crippen LogP contribution in [0.4, 0.5) is 8.78 Å². The third-order valence-corrected chi connectivity index (χ3v) is 4.59. The van der Waals surface area contributed by atoms with Gasteiger partial charge in [0.15, 0.2) is 0 Å². The van der Waals surface area contributed by atoms with Crippen molar-refractivity contribution in [2.75, 3.05) is 0 Å². The first kappa shape index (κ1) is 16.5. The van der Waals surface area contributed by atoms with Crippen molar-refractivity contribution in [3.05, 3.63) is 82.4 Å². The van der Waals surface area contributed by atoms with Gasteiger partial charge in [0.2, 0.25) is 5.91 Å². The van der Waals surface area contributed by atoms with E-state index in [2.05, 4.69) is 6.07 Å². The number of carbonyl (C=O) groups is 1. The van der Waals surface area contributed by atoms with Crippen LogP contribution in [0.5, 0.6) is 0 Å². The molecule has 26 heavy (non-hydrogen) atoms. The maximum Gasteiger partial charge on any atom is 0.249 e. The van der Waals surface area contributed by atoms with Crippen molar-refractivity contribution in [1.82, 2.24) is 4.57 Å². The Balaban J connectivity index is 2.05. The van der Waals surface area contributed by atoms with Crippen LogP contribution in [0.3, 0.4) is 0 Å². The maximum atomic E-state index is 14.2. The summed E-state index contributed by atoms with van der Waals surface area (Å²) >= 11 is 6.12. The number of hydrogen-bond acceptors (Lipinski definition) is 1. The van der Waals surface area contributed by atoms with Gasteiger partial charge in [-0.15, -0.1) is 0 Å². The van der Waals surface area contributed by atoms with Crippen LogP contribution in [-0.2, 0) is 6.54 Å². The third-order valence-electron chi connectivity index (χ3n) is 4.37. The van der Waals surface area contributed by atoms with Gasteiger partial charge in [-0.3, -0.25) is 4.79 Å². The topological polar surface area (TPSA) is 48.0 Å². The number of carbonyl (C=O) groups excluding carboxylic acids is 1. The van der Waals surface area contributed by atoms with E-state index in [-0.39, 0.29) is 6.54 Å². The number of hydrogen-bond donors (Lipinski definition) is 1. The minimum atomic E-state index is -0.642. The number of nitrogens with zero attached hydrogens (tertiary/aromatic N) is 1. The van der Waals surface area contributed by atoms with Crippen LogP contribution in [-0.4, -0.2) is 10.5 Å². The lowest BCUT2D eigenvalue weighted by Crippen LogP contribution is -2.11. The molecule has 0 atom stereocenters. The Morgan fingerprint density at radius 3 is 2.69 bits per heavy atom. The minimum absolute atomic E-state index is 0.141. The van der Waals surface area contributed by atoms with Crippen LogP contribution < -0.4 is 5.73 Å². The molecule has 4 aromatic rings. The molecular formula is C20H12ClF2N2O. The Kier molecular flexibility index (Phi) is 3.89. The number of rotatable bonds is 3. The molecule has 2 N–H and O–H groups in total. The van der Waals surface area contributed by atoms with Crippen molar-refractivity contribution in [1.29, 1.82) is 0 Å². The summed E-state index contributed by atoms with van der Waals surface area (Å²) in [6.45, 7) is 0.141. The molecule has 1 heterocycles. The van der Waals surface area contributed by atoms with E-state index < -0.39 is 17.5 Å². The summed E-state index contributed by atoms with van der Waals surface area (Å²) in [5.41, 5.74) is 7.56. The summed E-state index contributed by atoms with van der Waals surface area (Å²) in [5.74, 6) is -1.84. The molecule has 0 spiro atoms. The molecule has 3 nitrogen and oxygen atoms in total. The lowest BCUT2D eigenvalue weighted by atomic mass is 10.1. The van der Waals surface area contributed by atoms with E-state index in [4.69, 9.17) is 17.3 Å². The van der Waals surface area contributed by atoms with Crippen molar-refractivity contribution >= 4 is 39.3 Å². The lowest BCUT2D eigenvalue weighted by molar-refractivity contribution is 0.100. The molecule has 0 saturated heterocycles. The van der Waals surface area contributed by atoms with Crippen LogP contribution in [0, 0.1) is 17.7 Å². The molecule has 3 aromatic carbocycles. The van der Waals surface area contributed by atoms with Gasteiger partial charge in [-0.05, 0) is 36.4 Å². The fourth-order valence-electron chi connectivity index (χ4n) is 3.23. The SMILES string of the molecule is NC(=O)c1cccc2c1c1[c]cc(Cl)cc1n2Cc1ccc(F)cc1F. The van der Waals surface area contributed by atoms with Gasteiger partial charge in [-0.2, -0.15) is 0 Å². The minimum Gasteiger partial charge on any atom is -0.366 e. The van der Waals surface area contributed by atoms with Crippen LogP contribution >= 0.6 is 11.6 Å². The molecule has 4 rings (SSSR count). The van der Waals surface area contributed by atoms with Gasteiger partial charge in [0.05, 0.1) is 17.6 Å². The Morgan fingerprint density at radius 2 is 1.96 bits per heavy atom. The lowest BCUT2D eigenvalue weighted by Gasteiger charge is -2.09. The summed E-state index contributed by atoms with van der Waals surface area (Å²) < 4.78 is 29.2.